The van der Waals surface area contributed by atoms with Crippen LogP contribution >= 0.6 is 12.2 Å². The van der Waals surface area contributed by atoms with Gasteiger partial charge in [-0.25, -0.2) is 4.39 Å². The van der Waals surface area contributed by atoms with Gasteiger partial charge in [0.15, 0.2) is 5.11 Å². The first-order valence-corrected chi connectivity index (χ1v) is 11.0. The van der Waals surface area contributed by atoms with E-state index >= 15 is 0 Å². The Kier molecular flexibility index (Phi) is 8.29. The van der Waals surface area contributed by atoms with Gasteiger partial charge in [-0.15, -0.1) is 0 Å². The number of hydrogen-bond acceptors (Lipinski definition) is 2. The van der Waals surface area contributed by atoms with Gasteiger partial charge in [0.25, 0.3) is 0 Å². The summed E-state index contributed by atoms with van der Waals surface area (Å²) in [5, 5.41) is 4.28. The van der Waals surface area contributed by atoms with Crippen molar-refractivity contribution in [2.75, 3.05) is 7.11 Å². The maximum atomic E-state index is 14.3. The molecule has 2 aromatic rings. The number of nitrogens with zero attached hydrogens (tertiary/aromatic N) is 1. The molecule has 1 aliphatic rings. The molecule has 0 spiro atoms. The van der Waals surface area contributed by atoms with Gasteiger partial charge < -0.3 is 15.0 Å². The third-order valence-electron chi connectivity index (χ3n) is 5.57. The van der Waals surface area contributed by atoms with Crippen molar-refractivity contribution in [1.29, 1.82) is 0 Å². The number of rotatable bonds is 6. The predicted molar refractivity (Wildman–Crippen MR) is 120 cm³/mol. The lowest BCUT2D eigenvalue weighted by Crippen LogP contribution is -2.44. The molecule has 156 valence electrons. The average Bonchev–Trinajstić information content (AvgIpc) is 2.71. The van der Waals surface area contributed by atoms with Crippen LogP contribution in [0.25, 0.3) is 0 Å². The molecule has 0 aromatic heterocycles. The molecule has 0 saturated heterocycles. The third-order valence-corrected chi connectivity index (χ3v) is 5.95. The van der Waals surface area contributed by atoms with Crippen LogP contribution in [0.15, 0.2) is 48.5 Å². The SMILES string of the molecule is COc1ccc(CN(Cc2ccccc2F)C(=S)NC2CCCCCCC2)cc1. The molecule has 0 bridgehead atoms. The number of nitrogens with one attached hydrogen (secondary N) is 1. The molecule has 29 heavy (non-hydrogen) atoms. The molecule has 3 rings (SSSR count). The molecule has 0 amide bonds. The Labute approximate surface area is 179 Å². The minimum atomic E-state index is -0.194. The third kappa shape index (κ3) is 6.70. The Morgan fingerprint density at radius 1 is 1.00 bits per heavy atom. The highest BCUT2D eigenvalue weighted by atomic mass is 32.1. The summed E-state index contributed by atoms with van der Waals surface area (Å²) in [5.41, 5.74) is 1.77. The highest BCUT2D eigenvalue weighted by Crippen LogP contribution is 2.19. The number of hydrogen-bond donors (Lipinski definition) is 1. The number of halogens is 1. The number of methoxy groups -OCH3 is 1. The van der Waals surface area contributed by atoms with Gasteiger partial charge in [0.05, 0.1) is 7.11 Å². The Bertz CT molecular complexity index is 773. The lowest BCUT2D eigenvalue weighted by atomic mass is 9.97. The van der Waals surface area contributed by atoms with E-state index in [1.165, 1.54) is 38.2 Å². The molecule has 0 radical (unpaired) electrons. The standard InChI is InChI=1S/C24H31FN2OS/c1-28-22-15-13-19(14-16-22)17-27(18-20-9-7-8-12-23(20)25)24(29)26-21-10-5-3-2-4-6-11-21/h7-9,12-16,21H,2-6,10-11,17-18H2,1H3,(H,26,29). The minimum Gasteiger partial charge on any atom is -0.497 e. The molecule has 2 aromatic carbocycles. The first-order valence-electron chi connectivity index (χ1n) is 10.6. The lowest BCUT2D eigenvalue weighted by molar-refractivity contribution is 0.365. The topological polar surface area (TPSA) is 24.5 Å². The van der Waals surface area contributed by atoms with Crippen LogP contribution in [0.5, 0.6) is 5.75 Å². The maximum Gasteiger partial charge on any atom is 0.169 e. The van der Waals surface area contributed by atoms with Crippen molar-refractivity contribution in [1.82, 2.24) is 10.2 Å². The smallest absolute Gasteiger partial charge is 0.169 e. The first kappa shape index (κ1) is 21.6. The Balaban J connectivity index is 1.73. The van der Waals surface area contributed by atoms with Crippen molar-refractivity contribution >= 4 is 17.3 Å². The Hall–Kier alpha value is -2.14. The van der Waals surface area contributed by atoms with Crippen molar-refractivity contribution in [3.63, 3.8) is 0 Å². The highest BCUT2D eigenvalue weighted by molar-refractivity contribution is 7.80. The number of ether oxygens (including phenoxy) is 1. The van der Waals surface area contributed by atoms with Gasteiger partial charge in [0.1, 0.15) is 11.6 Å². The second-order valence-electron chi connectivity index (χ2n) is 7.79. The number of benzene rings is 2. The van der Waals surface area contributed by atoms with Gasteiger partial charge in [0, 0.05) is 24.7 Å². The van der Waals surface area contributed by atoms with E-state index in [0.717, 1.165) is 24.2 Å². The molecule has 3 nitrogen and oxygen atoms in total. The average molecular weight is 415 g/mol. The van der Waals surface area contributed by atoms with E-state index < -0.39 is 0 Å². The van der Waals surface area contributed by atoms with E-state index in [-0.39, 0.29) is 5.82 Å². The van der Waals surface area contributed by atoms with Crippen LogP contribution in [0.2, 0.25) is 0 Å². The fourth-order valence-electron chi connectivity index (χ4n) is 3.85. The van der Waals surface area contributed by atoms with Gasteiger partial charge in [-0.1, -0.05) is 62.4 Å². The highest BCUT2D eigenvalue weighted by Gasteiger charge is 2.18. The second kappa shape index (κ2) is 11.1. The Morgan fingerprint density at radius 2 is 1.66 bits per heavy atom. The summed E-state index contributed by atoms with van der Waals surface area (Å²) >= 11 is 5.79. The quantitative estimate of drug-likeness (QED) is 0.602. The van der Waals surface area contributed by atoms with Crippen LogP contribution in [-0.2, 0) is 13.1 Å². The summed E-state index contributed by atoms with van der Waals surface area (Å²) in [7, 11) is 1.66. The van der Waals surface area contributed by atoms with Crippen molar-refractivity contribution in [3.8, 4) is 5.75 Å². The molecule has 1 fully saturated rings. The Morgan fingerprint density at radius 3 is 2.31 bits per heavy atom. The van der Waals surface area contributed by atoms with Crippen LogP contribution in [0, 0.1) is 5.82 Å². The summed E-state index contributed by atoms with van der Waals surface area (Å²) in [6, 6.07) is 15.3. The molecule has 1 saturated carbocycles. The fraction of sp³-hybridized carbons (Fsp3) is 0.458. The van der Waals surface area contributed by atoms with Crippen LogP contribution in [0.4, 0.5) is 4.39 Å². The molecule has 0 atom stereocenters. The van der Waals surface area contributed by atoms with Crippen LogP contribution in [0.1, 0.15) is 56.1 Å². The lowest BCUT2D eigenvalue weighted by Gasteiger charge is -2.30. The van der Waals surface area contributed by atoms with Crippen molar-refractivity contribution in [2.24, 2.45) is 0 Å². The van der Waals surface area contributed by atoms with Gasteiger partial charge in [-0.2, -0.15) is 0 Å². The van der Waals surface area contributed by atoms with E-state index in [0.29, 0.717) is 29.8 Å². The summed E-state index contributed by atoms with van der Waals surface area (Å²) < 4.78 is 19.6. The maximum absolute atomic E-state index is 14.3. The molecule has 1 N–H and O–H groups in total. The molecule has 5 heteroatoms. The van der Waals surface area contributed by atoms with Crippen LogP contribution in [0.3, 0.4) is 0 Å². The number of thiocarbonyl (C=S) groups is 1. The normalized spacial score (nSPS) is 15.2. The largest absolute Gasteiger partial charge is 0.497 e. The predicted octanol–water partition coefficient (Wildman–Crippen LogP) is 5.82. The fourth-order valence-corrected chi connectivity index (χ4v) is 4.15. The van der Waals surface area contributed by atoms with Crippen molar-refractivity contribution in [3.05, 3.63) is 65.5 Å². The van der Waals surface area contributed by atoms with Gasteiger partial charge in [0.2, 0.25) is 0 Å². The molecule has 0 unspecified atom stereocenters. The zero-order valence-electron chi connectivity index (χ0n) is 17.2. The zero-order chi connectivity index (χ0) is 20.5. The molecular formula is C24H31FN2OS. The van der Waals surface area contributed by atoms with Crippen molar-refractivity contribution < 1.29 is 9.13 Å². The molecule has 0 aliphatic heterocycles. The van der Waals surface area contributed by atoms with Crippen LogP contribution < -0.4 is 10.1 Å². The van der Waals surface area contributed by atoms with Gasteiger partial charge in [-0.05, 0) is 48.8 Å². The monoisotopic (exact) mass is 414 g/mol. The van der Waals surface area contributed by atoms with Gasteiger partial charge >= 0.3 is 0 Å². The summed E-state index contributed by atoms with van der Waals surface area (Å²) in [4.78, 5) is 2.06. The second-order valence-corrected chi connectivity index (χ2v) is 8.17. The van der Waals surface area contributed by atoms with Crippen LogP contribution in [-0.4, -0.2) is 23.2 Å². The van der Waals surface area contributed by atoms with E-state index in [9.17, 15) is 4.39 Å². The zero-order valence-corrected chi connectivity index (χ0v) is 18.0. The van der Waals surface area contributed by atoms with E-state index in [1.54, 1.807) is 13.2 Å². The molecule has 0 heterocycles. The first-order chi connectivity index (χ1) is 14.2. The summed E-state index contributed by atoms with van der Waals surface area (Å²) in [6.07, 6.45) is 8.73. The van der Waals surface area contributed by atoms with E-state index in [1.807, 2.05) is 36.4 Å². The van der Waals surface area contributed by atoms with Crippen molar-refractivity contribution in [2.45, 2.75) is 64.1 Å². The molecule has 1 aliphatic carbocycles. The minimum absolute atomic E-state index is 0.194. The summed E-state index contributed by atoms with van der Waals surface area (Å²) in [6.45, 7) is 1.06. The molecular weight excluding hydrogens is 383 g/mol. The summed E-state index contributed by atoms with van der Waals surface area (Å²) in [5.74, 6) is 0.630. The van der Waals surface area contributed by atoms with E-state index in [4.69, 9.17) is 17.0 Å². The van der Waals surface area contributed by atoms with Gasteiger partial charge in [-0.3, -0.25) is 0 Å². The van der Waals surface area contributed by atoms with E-state index in [2.05, 4.69) is 10.2 Å².